The molecule has 0 saturated heterocycles. The highest BCUT2D eigenvalue weighted by Gasteiger charge is 1.98. The van der Waals surface area contributed by atoms with Gasteiger partial charge in [0, 0.05) is 5.56 Å². The van der Waals surface area contributed by atoms with Crippen molar-refractivity contribution in [3.8, 4) is 11.3 Å². The monoisotopic (exact) mass is 214 g/mol. The summed E-state index contributed by atoms with van der Waals surface area (Å²) in [6, 6.07) is 12.3. The van der Waals surface area contributed by atoms with E-state index in [-0.39, 0.29) is 0 Å². The van der Waals surface area contributed by atoms with Crippen LogP contribution in [0.4, 0.5) is 0 Å². The zero-order chi connectivity index (χ0) is 12.0. The van der Waals surface area contributed by atoms with E-state index in [1.54, 1.807) is 0 Å². The third-order valence-corrected chi connectivity index (χ3v) is 2.15. The summed E-state index contributed by atoms with van der Waals surface area (Å²) in [6.45, 7) is 8.01. The molecule has 1 aromatic carbocycles. The first-order valence-electron chi connectivity index (χ1n) is 5.63. The Morgan fingerprint density at radius 1 is 0.750 bits per heavy atom. The lowest BCUT2D eigenvalue weighted by Gasteiger charge is -2.00. The van der Waals surface area contributed by atoms with Crippen LogP contribution < -0.4 is 0 Å². The number of nitrogens with zero attached hydrogens (tertiary/aromatic N) is 2. The van der Waals surface area contributed by atoms with Crippen molar-refractivity contribution in [1.29, 1.82) is 0 Å². The third-order valence-electron chi connectivity index (χ3n) is 2.15. The van der Waals surface area contributed by atoms with E-state index >= 15 is 0 Å². The van der Waals surface area contributed by atoms with Gasteiger partial charge in [-0.3, -0.25) is 0 Å². The number of aromatic nitrogens is 2. The van der Waals surface area contributed by atoms with Gasteiger partial charge in [-0.1, -0.05) is 43.7 Å². The SMILES string of the molecule is CC.Cc1ccc(-c2ccc(C)nn2)cc1. The van der Waals surface area contributed by atoms with Crippen molar-refractivity contribution in [2.45, 2.75) is 27.7 Å². The molecule has 1 aromatic heterocycles. The Kier molecular flexibility index (Phi) is 4.65. The van der Waals surface area contributed by atoms with Gasteiger partial charge in [0.1, 0.15) is 0 Å². The van der Waals surface area contributed by atoms with E-state index in [1.807, 2.05) is 32.9 Å². The fraction of sp³-hybridized carbons (Fsp3) is 0.286. The van der Waals surface area contributed by atoms with Crippen molar-refractivity contribution in [1.82, 2.24) is 10.2 Å². The Bertz CT molecular complexity index is 372. The number of hydrogen-bond acceptors (Lipinski definition) is 2. The third kappa shape index (κ3) is 3.16. The van der Waals surface area contributed by atoms with Crippen LogP contribution in [0, 0.1) is 13.8 Å². The highest BCUT2D eigenvalue weighted by Crippen LogP contribution is 2.16. The minimum atomic E-state index is 0.926. The first-order chi connectivity index (χ1) is 7.75. The second kappa shape index (κ2) is 6.01. The van der Waals surface area contributed by atoms with Gasteiger partial charge in [0.25, 0.3) is 0 Å². The van der Waals surface area contributed by atoms with Gasteiger partial charge in [-0.25, -0.2) is 0 Å². The number of hydrogen-bond donors (Lipinski definition) is 0. The fourth-order valence-electron chi connectivity index (χ4n) is 1.28. The summed E-state index contributed by atoms with van der Waals surface area (Å²) in [6.07, 6.45) is 0. The van der Waals surface area contributed by atoms with Crippen LogP contribution in [0.25, 0.3) is 11.3 Å². The second-order valence-corrected chi connectivity index (χ2v) is 3.43. The standard InChI is InChI=1S/C12H12N2.C2H6/c1-9-3-6-11(7-4-9)12-8-5-10(2)13-14-12;1-2/h3-8H,1-2H3;1-2H3. The Balaban J connectivity index is 0.000000606. The molecule has 0 aliphatic heterocycles. The summed E-state index contributed by atoms with van der Waals surface area (Å²) >= 11 is 0. The van der Waals surface area contributed by atoms with E-state index in [1.165, 1.54) is 5.56 Å². The molecule has 1 heterocycles. The normalized spacial score (nSPS) is 9.25. The van der Waals surface area contributed by atoms with Crippen LogP contribution in [0.3, 0.4) is 0 Å². The molecule has 0 radical (unpaired) electrons. The molecule has 0 unspecified atom stereocenters. The molecule has 0 atom stereocenters. The van der Waals surface area contributed by atoms with Crippen molar-refractivity contribution in [2.75, 3.05) is 0 Å². The maximum Gasteiger partial charge on any atom is 0.0929 e. The minimum Gasteiger partial charge on any atom is -0.155 e. The zero-order valence-electron chi connectivity index (χ0n) is 10.4. The topological polar surface area (TPSA) is 25.8 Å². The van der Waals surface area contributed by atoms with Gasteiger partial charge < -0.3 is 0 Å². The maximum absolute atomic E-state index is 4.13. The molecule has 0 aliphatic carbocycles. The molecule has 16 heavy (non-hydrogen) atoms. The second-order valence-electron chi connectivity index (χ2n) is 3.43. The van der Waals surface area contributed by atoms with Gasteiger partial charge in [0.15, 0.2) is 0 Å². The van der Waals surface area contributed by atoms with Crippen LogP contribution in [-0.4, -0.2) is 10.2 Å². The average molecular weight is 214 g/mol. The molecule has 0 bridgehead atoms. The molecule has 0 aliphatic rings. The van der Waals surface area contributed by atoms with Crippen LogP contribution in [0.15, 0.2) is 36.4 Å². The predicted octanol–water partition coefficient (Wildman–Crippen LogP) is 3.79. The van der Waals surface area contributed by atoms with Crippen molar-refractivity contribution in [2.24, 2.45) is 0 Å². The van der Waals surface area contributed by atoms with Gasteiger partial charge in [0.2, 0.25) is 0 Å². The molecule has 0 fully saturated rings. The van der Waals surface area contributed by atoms with E-state index in [4.69, 9.17) is 0 Å². The first-order valence-corrected chi connectivity index (χ1v) is 5.63. The highest BCUT2D eigenvalue weighted by molar-refractivity contribution is 5.58. The molecule has 2 rings (SSSR count). The maximum atomic E-state index is 4.13. The van der Waals surface area contributed by atoms with Crippen LogP contribution >= 0.6 is 0 Å². The van der Waals surface area contributed by atoms with Gasteiger partial charge in [-0.05, 0) is 26.0 Å². The van der Waals surface area contributed by atoms with E-state index in [9.17, 15) is 0 Å². The number of benzene rings is 1. The summed E-state index contributed by atoms with van der Waals surface area (Å²) in [5.41, 5.74) is 4.24. The highest BCUT2D eigenvalue weighted by atomic mass is 15.1. The zero-order valence-corrected chi connectivity index (χ0v) is 10.4. The van der Waals surface area contributed by atoms with Gasteiger partial charge >= 0.3 is 0 Å². The van der Waals surface area contributed by atoms with Gasteiger partial charge in [-0.15, -0.1) is 0 Å². The number of rotatable bonds is 1. The Morgan fingerprint density at radius 2 is 1.38 bits per heavy atom. The van der Waals surface area contributed by atoms with Crippen molar-refractivity contribution < 1.29 is 0 Å². The Hall–Kier alpha value is -1.70. The van der Waals surface area contributed by atoms with Gasteiger partial charge in [0.05, 0.1) is 11.4 Å². The molecule has 0 amide bonds. The summed E-state index contributed by atoms with van der Waals surface area (Å²) in [7, 11) is 0. The molecule has 0 spiro atoms. The van der Waals surface area contributed by atoms with E-state index in [0.717, 1.165) is 17.0 Å². The summed E-state index contributed by atoms with van der Waals surface area (Å²) in [4.78, 5) is 0. The molecule has 0 N–H and O–H groups in total. The van der Waals surface area contributed by atoms with Crippen molar-refractivity contribution in [3.63, 3.8) is 0 Å². The first kappa shape index (κ1) is 12.4. The predicted molar refractivity (Wildman–Crippen MR) is 68.3 cm³/mol. The fourth-order valence-corrected chi connectivity index (χ4v) is 1.28. The van der Waals surface area contributed by atoms with Crippen LogP contribution in [-0.2, 0) is 0 Å². The smallest absolute Gasteiger partial charge is 0.0929 e. The van der Waals surface area contributed by atoms with E-state index in [0.29, 0.717) is 0 Å². The van der Waals surface area contributed by atoms with E-state index in [2.05, 4.69) is 41.4 Å². The summed E-state index contributed by atoms with van der Waals surface area (Å²) in [5, 5.41) is 8.16. The van der Waals surface area contributed by atoms with Crippen LogP contribution in [0.2, 0.25) is 0 Å². The lowest BCUT2D eigenvalue weighted by Crippen LogP contribution is -1.89. The van der Waals surface area contributed by atoms with Crippen LogP contribution in [0.5, 0.6) is 0 Å². The lowest BCUT2D eigenvalue weighted by molar-refractivity contribution is 0.987. The molecule has 0 saturated carbocycles. The molecule has 2 aromatic rings. The van der Waals surface area contributed by atoms with Crippen LogP contribution in [0.1, 0.15) is 25.1 Å². The van der Waals surface area contributed by atoms with Gasteiger partial charge in [-0.2, -0.15) is 10.2 Å². The molecule has 84 valence electrons. The number of aryl methyl sites for hydroxylation is 2. The quantitative estimate of drug-likeness (QED) is 0.721. The van der Waals surface area contributed by atoms with Crippen molar-refractivity contribution in [3.05, 3.63) is 47.7 Å². The Labute approximate surface area is 97.4 Å². The molecule has 2 heteroatoms. The molecule has 2 nitrogen and oxygen atoms in total. The molecular formula is C14H18N2. The largest absolute Gasteiger partial charge is 0.155 e. The average Bonchev–Trinajstić information content (AvgIpc) is 2.34. The summed E-state index contributed by atoms with van der Waals surface area (Å²) < 4.78 is 0. The molecular weight excluding hydrogens is 196 g/mol. The minimum absolute atomic E-state index is 0.926. The lowest BCUT2D eigenvalue weighted by atomic mass is 10.1. The van der Waals surface area contributed by atoms with E-state index < -0.39 is 0 Å². The summed E-state index contributed by atoms with van der Waals surface area (Å²) in [5.74, 6) is 0. The van der Waals surface area contributed by atoms with Crippen molar-refractivity contribution >= 4 is 0 Å². The Morgan fingerprint density at radius 3 is 1.88 bits per heavy atom.